The summed E-state index contributed by atoms with van der Waals surface area (Å²) in [5, 5.41) is 16.4. The summed E-state index contributed by atoms with van der Waals surface area (Å²) in [7, 11) is 0. The van der Waals surface area contributed by atoms with Gasteiger partial charge < -0.3 is 0 Å². The number of aryl methyl sites for hydroxylation is 3. The van der Waals surface area contributed by atoms with Crippen LogP contribution in [0.1, 0.15) is 53.2 Å². The quantitative estimate of drug-likeness (QED) is 0.690. The molecule has 0 saturated heterocycles. The van der Waals surface area contributed by atoms with Crippen molar-refractivity contribution in [1.82, 2.24) is 29.8 Å². The van der Waals surface area contributed by atoms with Crippen LogP contribution in [-0.4, -0.2) is 35.7 Å². The summed E-state index contributed by atoms with van der Waals surface area (Å²) in [6.45, 7) is 5.93. The average Bonchev–Trinajstić information content (AvgIpc) is 3.14. The number of anilines is 1. The van der Waals surface area contributed by atoms with Crippen molar-refractivity contribution in [3.05, 3.63) is 28.3 Å². The lowest BCUT2D eigenvalue weighted by Gasteiger charge is -1.97. The van der Waals surface area contributed by atoms with Gasteiger partial charge in [-0.05, 0) is 26.3 Å². The van der Waals surface area contributed by atoms with Gasteiger partial charge in [0.1, 0.15) is 5.01 Å². The summed E-state index contributed by atoms with van der Waals surface area (Å²) in [5.41, 5.74) is 1.71. The molecule has 0 aliphatic carbocycles. The fourth-order valence-electron chi connectivity index (χ4n) is 2.35. The first-order chi connectivity index (χ1) is 11.6. The molecule has 3 aromatic heterocycles. The molecule has 8 nitrogen and oxygen atoms in total. The number of hydrogen-bond donors (Lipinski definition) is 1. The van der Waals surface area contributed by atoms with Crippen molar-refractivity contribution < 1.29 is 4.79 Å². The van der Waals surface area contributed by atoms with Crippen molar-refractivity contribution in [3.8, 4) is 0 Å². The van der Waals surface area contributed by atoms with E-state index in [2.05, 4.69) is 37.5 Å². The Morgan fingerprint density at radius 3 is 2.88 bits per heavy atom. The highest BCUT2D eigenvalue weighted by atomic mass is 32.1. The first kappa shape index (κ1) is 16.4. The molecule has 0 saturated carbocycles. The summed E-state index contributed by atoms with van der Waals surface area (Å²) in [6, 6.07) is 1.89. The van der Waals surface area contributed by atoms with E-state index in [9.17, 15) is 4.79 Å². The molecular weight excluding hydrogens is 326 g/mol. The van der Waals surface area contributed by atoms with Crippen LogP contribution in [0.2, 0.25) is 0 Å². The van der Waals surface area contributed by atoms with E-state index in [0.29, 0.717) is 10.9 Å². The maximum atomic E-state index is 12.3. The maximum absolute atomic E-state index is 12.3. The number of unbranched alkanes of at least 4 members (excludes halogenated alkanes) is 2. The zero-order valence-corrected chi connectivity index (χ0v) is 14.7. The molecule has 0 aliphatic rings. The van der Waals surface area contributed by atoms with E-state index < -0.39 is 5.91 Å². The number of nitrogens with one attached hydrogen (secondary N) is 1. The van der Waals surface area contributed by atoms with Crippen molar-refractivity contribution in [2.24, 2.45) is 0 Å². The Labute approximate surface area is 143 Å². The van der Waals surface area contributed by atoms with Crippen molar-refractivity contribution >= 4 is 28.2 Å². The molecule has 1 amide bonds. The number of fused-ring (bicyclic) bond motifs is 1. The second-order valence-corrected chi connectivity index (χ2v) is 6.66. The lowest BCUT2D eigenvalue weighted by Crippen LogP contribution is -2.13. The maximum Gasteiger partial charge on any atom is 0.297 e. The standard InChI is InChI=1S/C15H19N7OS/c1-4-5-6-7-11-19-20-15(24-11)18-13(23)12-17-14-16-9(2)8-10(3)22(14)21-12/h8H,4-7H2,1-3H3,(H,18,20,23). The highest BCUT2D eigenvalue weighted by Gasteiger charge is 2.17. The van der Waals surface area contributed by atoms with Gasteiger partial charge in [-0.2, -0.15) is 4.98 Å². The molecule has 3 aromatic rings. The van der Waals surface area contributed by atoms with Crippen LogP contribution in [0.3, 0.4) is 0 Å². The van der Waals surface area contributed by atoms with Gasteiger partial charge in [0.05, 0.1) is 0 Å². The number of aromatic nitrogens is 6. The molecule has 1 N–H and O–H groups in total. The van der Waals surface area contributed by atoms with E-state index >= 15 is 0 Å². The predicted octanol–water partition coefficient (Wildman–Crippen LogP) is 2.58. The smallest absolute Gasteiger partial charge is 0.294 e. The first-order valence-electron chi connectivity index (χ1n) is 7.91. The Hall–Kier alpha value is -2.42. The second kappa shape index (κ2) is 7.00. The van der Waals surface area contributed by atoms with E-state index in [1.807, 2.05) is 19.9 Å². The van der Waals surface area contributed by atoms with Gasteiger partial charge in [-0.15, -0.1) is 15.3 Å². The minimum atomic E-state index is -0.409. The highest BCUT2D eigenvalue weighted by Crippen LogP contribution is 2.18. The summed E-state index contributed by atoms with van der Waals surface area (Å²) in [5.74, 6) is 0.0721. The minimum Gasteiger partial charge on any atom is -0.294 e. The molecule has 24 heavy (non-hydrogen) atoms. The van der Waals surface area contributed by atoms with Gasteiger partial charge in [-0.3, -0.25) is 10.1 Å². The monoisotopic (exact) mass is 345 g/mol. The van der Waals surface area contributed by atoms with E-state index in [1.54, 1.807) is 4.52 Å². The van der Waals surface area contributed by atoms with Crippen LogP contribution in [0, 0.1) is 13.8 Å². The van der Waals surface area contributed by atoms with E-state index in [0.717, 1.165) is 42.1 Å². The van der Waals surface area contributed by atoms with Gasteiger partial charge in [-0.1, -0.05) is 31.1 Å². The van der Waals surface area contributed by atoms with Crippen molar-refractivity contribution in [2.75, 3.05) is 5.32 Å². The highest BCUT2D eigenvalue weighted by molar-refractivity contribution is 7.15. The van der Waals surface area contributed by atoms with Gasteiger partial charge >= 0.3 is 0 Å². The first-order valence-corrected chi connectivity index (χ1v) is 8.73. The summed E-state index contributed by atoms with van der Waals surface area (Å²) in [6.07, 6.45) is 4.29. The van der Waals surface area contributed by atoms with Crippen LogP contribution in [0.25, 0.3) is 5.78 Å². The molecule has 3 heterocycles. The number of carbonyl (C=O) groups is 1. The molecule has 0 spiro atoms. The zero-order valence-electron chi connectivity index (χ0n) is 13.9. The van der Waals surface area contributed by atoms with Crippen molar-refractivity contribution in [3.63, 3.8) is 0 Å². The fourth-order valence-corrected chi connectivity index (χ4v) is 3.12. The molecule has 0 atom stereocenters. The third-order valence-corrected chi connectivity index (χ3v) is 4.40. The van der Waals surface area contributed by atoms with E-state index in [-0.39, 0.29) is 5.82 Å². The van der Waals surface area contributed by atoms with Gasteiger partial charge in [-0.25, -0.2) is 9.50 Å². The topological polar surface area (TPSA) is 98.0 Å². The van der Waals surface area contributed by atoms with E-state index in [4.69, 9.17) is 0 Å². The lowest BCUT2D eigenvalue weighted by molar-refractivity contribution is 0.101. The summed E-state index contributed by atoms with van der Waals surface area (Å²) >= 11 is 1.39. The number of rotatable bonds is 6. The number of nitrogens with zero attached hydrogens (tertiary/aromatic N) is 6. The number of carbonyl (C=O) groups excluding carboxylic acids is 1. The Morgan fingerprint density at radius 2 is 2.08 bits per heavy atom. The van der Waals surface area contributed by atoms with Crippen molar-refractivity contribution in [2.45, 2.75) is 46.5 Å². The van der Waals surface area contributed by atoms with Crippen LogP contribution in [0.15, 0.2) is 6.07 Å². The Morgan fingerprint density at radius 1 is 1.25 bits per heavy atom. The molecule has 9 heteroatoms. The van der Waals surface area contributed by atoms with Gasteiger partial charge in [0.2, 0.25) is 11.0 Å². The Bertz CT molecular complexity index is 870. The van der Waals surface area contributed by atoms with Crippen LogP contribution in [-0.2, 0) is 6.42 Å². The molecule has 0 unspecified atom stereocenters. The fraction of sp³-hybridized carbons (Fsp3) is 0.467. The van der Waals surface area contributed by atoms with Crippen LogP contribution in [0.5, 0.6) is 0 Å². The molecule has 0 fully saturated rings. The summed E-state index contributed by atoms with van der Waals surface area (Å²) < 4.78 is 1.55. The Balaban J connectivity index is 1.72. The molecule has 0 aliphatic heterocycles. The number of amides is 1. The molecule has 0 aromatic carbocycles. The molecule has 0 bridgehead atoms. The molecule has 126 valence electrons. The second-order valence-electron chi connectivity index (χ2n) is 5.60. The van der Waals surface area contributed by atoms with Crippen LogP contribution < -0.4 is 5.32 Å². The normalized spacial score (nSPS) is 11.1. The molecule has 3 rings (SSSR count). The SMILES string of the molecule is CCCCCc1nnc(NC(=O)c2nc3nc(C)cc(C)n3n2)s1. The van der Waals surface area contributed by atoms with Crippen LogP contribution >= 0.6 is 11.3 Å². The van der Waals surface area contributed by atoms with E-state index in [1.165, 1.54) is 11.3 Å². The van der Waals surface area contributed by atoms with Gasteiger partial charge in [0, 0.05) is 17.8 Å². The largest absolute Gasteiger partial charge is 0.297 e. The predicted molar refractivity (Wildman–Crippen MR) is 91.3 cm³/mol. The molecular formula is C15H19N7OS. The summed E-state index contributed by atoms with van der Waals surface area (Å²) in [4.78, 5) is 20.8. The van der Waals surface area contributed by atoms with Gasteiger partial charge in [0.15, 0.2) is 0 Å². The van der Waals surface area contributed by atoms with Crippen molar-refractivity contribution in [1.29, 1.82) is 0 Å². The van der Waals surface area contributed by atoms with Crippen LogP contribution in [0.4, 0.5) is 5.13 Å². The third kappa shape index (κ3) is 3.56. The Kier molecular flexibility index (Phi) is 4.79. The minimum absolute atomic E-state index is 0.0685. The molecule has 0 radical (unpaired) electrons. The average molecular weight is 345 g/mol. The number of hydrogen-bond acceptors (Lipinski definition) is 7. The lowest BCUT2D eigenvalue weighted by atomic mass is 10.2. The zero-order chi connectivity index (χ0) is 17.1. The van der Waals surface area contributed by atoms with Gasteiger partial charge in [0.25, 0.3) is 11.7 Å². The third-order valence-electron chi connectivity index (χ3n) is 3.50.